The van der Waals surface area contributed by atoms with E-state index in [2.05, 4.69) is 28.1 Å². The minimum absolute atomic E-state index is 0.0732. The van der Waals surface area contributed by atoms with Crippen LogP contribution in [0, 0.1) is 6.92 Å². The molecule has 0 amide bonds. The molecule has 2 N–H and O–H groups in total. The molecule has 2 rings (SSSR count). The summed E-state index contributed by atoms with van der Waals surface area (Å²) in [5, 5.41) is 0. The van der Waals surface area contributed by atoms with E-state index in [1.807, 2.05) is 25.1 Å². The van der Waals surface area contributed by atoms with Gasteiger partial charge >= 0.3 is 0 Å². The minimum Gasteiger partial charge on any atom is -0.496 e. The third kappa shape index (κ3) is 2.70. The topological polar surface area (TPSA) is 35.2 Å². The van der Waals surface area contributed by atoms with Crippen molar-refractivity contribution in [1.82, 2.24) is 0 Å². The van der Waals surface area contributed by atoms with Gasteiger partial charge in [0.05, 0.1) is 16.9 Å². The molecule has 0 aliphatic carbocycles. The van der Waals surface area contributed by atoms with Crippen LogP contribution in [-0.4, -0.2) is 7.11 Å². The van der Waals surface area contributed by atoms with Crippen LogP contribution in [0.3, 0.4) is 0 Å². The number of aryl methyl sites for hydroxylation is 1. The number of hydrogen-bond donors (Lipinski definition) is 1. The summed E-state index contributed by atoms with van der Waals surface area (Å²) in [6.07, 6.45) is 0. The summed E-state index contributed by atoms with van der Waals surface area (Å²) in [7, 11) is 1.68. The van der Waals surface area contributed by atoms with Gasteiger partial charge in [-0.25, -0.2) is 0 Å². The zero-order valence-corrected chi connectivity index (χ0v) is 12.1. The lowest BCUT2D eigenvalue weighted by Crippen LogP contribution is -2.10. The van der Waals surface area contributed by atoms with Crippen LogP contribution in [-0.2, 0) is 0 Å². The Kier molecular flexibility index (Phi) is 3.86. The van der Waals surface area contributed by atoms with Crippen LogP contribution in [0.5, 0.6) is 5.75 Å². The van der Waals surface area contributed by atoms with Crippen molar-refractivity contribution >= 4 is 27.3 Å². The number of hydrogen-bond acceptors (Lipinski definition) is 3. The molecule has 0 bridgehead atoms. The molecular formula is C13H14BrNOS. The lowest BCUT2D eigenvalue weighted by Gasteiger charge is -2.12. The monoisotopic (exact) mass is 311 g/mol. The normalized spacial score (nSPS) is 12.5. The SMILES string of the molecule is COc1ccc(C(N)c2ccc(Br)s2)cc1C. The summed E-state index contributed by atoms with van der Waals surface area (Å²) in [6.45, 7) is 2.03. The molecule has 0 radical (unpaired) electrons. The molecule has 4 heteroatoms. The van der Waals surface area contributed by atoms with Crippen LogP contribution in [0.25, 0.3) is 0 Å². The van der Waals surface area contributed by atoms with Gasteiger partial charge in [0.15, 0.2) is 0 Å². The van der Waals surface area contributed by atoms with Crippen LogP contribution in [0.2, 0.25) is 0 Å². The van der Waals surface area contributed by atoms with Crippen LogP contribution < -0.4 is 10.5 Å². The van der Waals surface area contributed by atoms with Crippen molar-refractivity contribution in [3.8, 4) is 5.75 Å². The Balaban J connectivity index is 2.31. The maximum Gasteiger partial charge on any atom is 0.121 e. The molecule has 0 fully saturated rings. The third-order valence-corrected chi connectivity index (χ3v) is 4.39. The Morgan fingerprint density at radius 3 is 2.59 bits per heavy atom. The average molecular weight is 312 g/mol. The molecule has 1 aromatic heterocycles. The van der Waals surface area contributed by atoms with Gasteiger partial charge in [-0.05, 0) is 52.2 Å². The van der Waals surface area contributed by atoms with Gasteiger partial charge in [-0.2, -0.15) is 0 Å². The van der Waals surface area contributed by atoms with Crippen molar-refractivity contribution in [3.05, 3.63) is 50.1 Å². The lowest BCUT2D eigenvalue weighted by atomic mass is 10.0. The number of nitrogens with two attached hydrogens (primary N) is 1. The molecule has 0 aliphatic heterocycles. The first-order valence-electron chi connectivity index (χ1n) is 5.27. The number of benzene rings is 1. The molecular weight excluding hydrogens is 298 g/mol. The van der Waals surface area contributed by atoms with E-state index in [4.69, 9.17) is 10.5 Å². The van der Waals surface area contributed by atoms with Gasteiger partial charge in [-0.3, -0.25) is 0 Å². The second kappa shape index (κ2) is 5.21. The van der Waals surface area contributed by atoms with Gasteiger partial charge in [0, 0.05) is 4.88 Å². The fourth-order valence-electron chi connectivity index (χ4n) is 1.75. The first kappa shape index (κ1) is 12.6. The van der Waals surface area contributed by atoms with Gasteiger partial charge in [0.2, 0.25) is 0 Å². The molecule has 2 aromatic rings. The maximum absolute atomic E-state index is 6.24. The van der Waals surface area contributed by atoms with Crippen molar-refractivity contribution in [1.29, 1.82) is 0 Å². The highest BCUT2D eigenvalue weighted by atomic mass is 79.9. The largest absolute Gasteiger partial charge is 0.496 e. The number of ether oxygens (including phenoxy) is 1. The Morgan fingerprint density at radius 2 is 2.06 bits per heavy atom. The maximum atomic E-state index is 6.24. The Labute approximate surface area is 114 Å². The molecule has 90 valence electrons. The summed E-state index contributed by atoms with van der Waals surface area (Å²) < 4.78 is 6.35. The number of methoxy groups -OCH3 is 1. The first-order chi connectivity index (χ1) is 8.11. The fraction of sp³-hybridized carbons (Fsp3) is 0.231. The highest BCUT2D eigenvalue weighted by Crippen LogP contribution is 2.31. The van der Waals surface area contributed by atoms with Gasteiger partial charge in [-0.1, -0.05) is 12.1 Å². The minimum atomic E-state index is -0.0732. The molecule has 1 aromatic carbocycles. The summed E-state index contributed by atoms with van der Waals surface area (Å²) >= 11 is 5.12. The molecule has 2 nitrogen and oxygen atoms in total. The van der Waals surface area contributed by atoms with E-state index < -0.39 is 0 Å². The smallest absolute Gasteiger partial charge is 0.121 e. The lowest BCUT2D eigenvalue weighted by molar-refractivity contribution is 0.411. The number of rotatable bonds is 3. The second-order valence-electron chi connectivity index (χ2n) is 3.85. The standard InChI is InChI=1S/C13H14BrNOS/c1-8-7-9(3-4-10(8)16-2)13(15)11-5-6-12(14)17-11/h3-7,13H,15H2,1-2H3. The molecule has 1 heterocycles. The molecule has 0 aliphatic rings. The summed E-state index contributed by atoms with van der Waals surface area (Å²) in [5.41, 5.74) is 8.46. The van der Waals surface area contributed by atoms with E-state index in [-0.39, 0.29) is 6.04 Å². The summed E-state index contributed by atoms with van der Waals surface area (Å²) in [4.78, 5) is 1.15. The third-order valence-electron chi connectivity index (χ3n) is 2.68. The van der Waals surface area contributed by atoms with Crippen molar-refractivity contribution in [3.63, 3.8) is 0 Å². The predicted octanol–water partition coefficient (Wildman–Crippen LogP) is 3.88. The van der Waals surface area contributed by atoms with E-state index in [0.717, 1.165) is 25.5 Å². The van der Waals surface area contributed by atoms with Gasteiger partial charge < -0.3 is 10.5 Å². The van der Waals surface area contributed by atoms with E-state index in [1.54, 1.807) is 18.4 Å². The summed E-state index contributed by atoms with van der Waals surface area (Å²) in [5.74, 6) is 0.897. The van der Waals surface area contributed by atoms with Crippen molar-refractivity contribution in [2.24, 2.45) is 5.73 Å². The van der Waals surface area contributed by atoms with Crippen LogP contribution in [0.1, 0.15) is 22.0 Å². The molecule has 0 saturated carbocycles. The van der Waals surface area contributed by atoms with Gasteiger partial charge in [0.1, 0.15) is 5.75 Å². The van der Waals surface area contributed by atoms with Gasteiger partial charge in [-0.15, -0.1) is 11.3 Å². The predicted molar refractivity (Wildman–Crippen MR) is 75.8 cm³/mol. The van der Waals surface area contributed by atoms with E-state index in [0.29, 0.717) is 0 Å². The average Bonchev–Trinajstić information content (AvgIpc) is 2.75. The highest BCUT2D eigenvalue weighted by Gasteiger charge is 2.12. The number of halogens is 1. The van der Waals surface area contributed by atoms with E-state index in [1.165, 1.54) is 0 Å². The van der Waals surface area contributed by atoms with Crippen LogP contribution in [0.4, 0.5) is 0 Å². The van der Waals surface area contributed by atoms with Gasteiger partial charge in [0.25, 0.3) is 0 Å². The van der Waals surface area contributed by atoms with E-state index >= 15 is 0 Å². The first-order valence-corrected chi connectivity index (χ1v) is 6.88. The zero-order valence-electron chi connectivity index (χ0n) is 9.74. The number of thiophene rings is 1. The summed E-state index contributed by atoms with van der Waals surface area (Å²) in [6, 6.07) is 10.1. The Morgan fingerprint density at radius 1 is 1.29 bits per heavy atom. The highest BCUT2D eigenvalue weighted by molar-refractivity contribution is 9.11. The molecule has 1 atom stereocenters. The van der Waals surface area contributed by atoms with Crippen molar-refractivity contribution in [2.45, 2.75) is 13.0 Å². The zero-order chi connectivity index (χ0) is 12.4. The second-order valence-corrected chi connectivity index (χ2v) is 6.34. The molecule has 0 spiro atoms. The van der Waals surface area contributed by atoms with Crippen molar-refractivity contribution < 1.29 is 4.74 Å². The fourth-order valence-corrected chi connectivity index (χ4v) is 3.21. The van der Waals surface area contributed by atoms with E-state index in [9.17, 15) is 0 Å². The van der Waals surface area contributed by atoms with Crippen molar-refractivity contribution in [2.75, 3.05) is 7.11 Å². The molecule has 1 unspecified atom stereocenters. The van der Waals surface area contributed by atoms with Crippen LogP contribution >= 0.6 is 27.3 Å². The molecule has 0 saturated heterocycles. The quantitative estimate of drug-likeness (QED) is 0.933. The van der Waals surface area contributed by atoms with Crippen LogP contribution in [0.15, 0.2) is 34.1 Å². The Hall–Kier alpha value is -0.840. The molecule has 17 heavy (non-hydrogen) atoms. The Bertz CT molecular complexity index is 524.